The van der Waals surface area contributed by atoms with E-state index in [1.165, 1.54) is 11.3 Å². The van der Waals surface area contributed by atoms with Gasteiger partial charge < -0.3 is 4.52 Å². The van der Waals surface area contributed by atoms with Crippen LogP contribution >= 0.6 is 11.3 Å². The van der Waals surface area contributed by atoms with Gasteiger partial charge >= 0.3 is 0 Å². The predicted octanol–water partition coefficient (Wildman–Crippen LogP) is 2.61. The molecule has 0 aliphatic rings. The van der Waals surface area contributed by atoms with Crippen LogP contribution in [-0.4, -0.2) is 10.1 Å². The number of azide groups is 1. The Kier molecular flexibility index (Phi) is 2.44. The van der Waals surface area contributed by atoms with Crippen LogP contribution < -0.4 is 0 Å². The lowest BCUT2D eigenvalue weighted by Crippen LogP contribution is -1.82. The maximum Gasteiger partial charge on any atom is 0.267 e. The van der Waals surface area contributed by atoms with Crippen molar-refractivity contribution in [3.05, 3.63) is 33.8 Å². The standard InChI is InChI=1S/C7H5N5OS/c8-12-9-4-6-10-7(13-11-6)5-2-1-3-14-5/h1-3H,4H2. The van der Waals surface area contributed by atoms with Crippen molar-refractivity contribution in [3.8, 4) is 10.8 Å². The van der Waals surface area contributed by atoms with Crippen LogP contribution in [0.25, 0.3) is 21.2 Å². The van der Waals surface area contributed by atoms with Crippen molar-refractivity contribution in [2.45, 2.75) is 6.54 Å². The molecule has 0 aliphatic carbocycles. The van der Waals surface area contributed by atoms with Crippen LogP contribution in [0.4, 0.5) is 0 Å². The Labute approximate surface area is 82.8 Å². The van der Waals surface area contributed by atoms with E-state index >= 15 is 0 Å². The average Bonchev–Trinajstić information content (AvgIpc) is 2.85. The molecule has 2 rings (SSSR count). The van der Waals surface area contributed by atoms with Crippen molar-refractivity contribution in [3.63, 3.8) is 0 Å². The molecular weight excluding hydrogens is 202 g/mol. The summed E-state index contributed by atoms with van der Waals surface area (Å²) >= 11 is 1.51. The molecule has 2 aromatic rings. The Bertz CT molecular complexity index is 456. The lowest BCUT2D eigenvalue weighted by atomic mass is 10.5. The molecule has 0 N–H and O–H groups in total. The zero-order valence-electron chi connectivity index (χ0n) is 6.99. The van der Waals surface area contributed by atoms with Gasteiger partial charge in [-0.15, -0.1) is 11.3 Å². The van der Waals surface area contributed by atoms with E-state index in [1.807, 2.05) is 17.5 Å². The largest absolute Gasteiger partial charge is 0.333 e. The highest BCUT2D eigenvalue weighted by Crippen LogP contribution is 2.22. The monoisotopic (exact) mass is 207 g/mol. The molecule has 14 heavy (non-hydrogen) atoms. The molecule has 7 heteroatoms. The summed E-state index contributed by atoms with van der Waals surface area (Å²) in [6, 6.07) is 3.78. The second kappa shape index (κ2) is 3.91. The third-order valence-corrected chi connectivity index (χ3v) is 2.33. The van der Waals surface area contributed by atoms with Crippen molar-refractivity contribution >= 4 is 11.3 Å². The fourth-order valence-corrected chi connectivity index (χ4v) is 1.56. The number of hydrogen-bond donors (Lipinski definition) is 0. The maximum atomic E-state index is 8.09. The van der Waals surface area contributed by atoms with Gasteiger partial charge in [0.1, 0.15) is 0 Å². The number of aromatic nitrogens is 2. The van der Waals surface area contributed by atoms with E-state index in [1.54, 1.807) is 0 Å². The highest BCUT2D eigenvalue weighted by Gasteiger charge is 2.07. The minimum absolute atomic E-state index is 0.116. The first-order valence-electron chi connectivity index (χ1n) is 3.77. The lowest BCUT2D eigenvalue weighted by molar-refractivity contribution is 0.423. The van der Waals surface area contributed by atoms with E-state index in [4.69, 9.17) is 10.1 Å². The minimum Gasteiger partial charge on any atom is -0.333 e. The molecule has 2 aromatic heterocycles. The number of nitrogens with zero attached hydrogens (tertiary/aromatic N) is 5. The topological polar surface area (TPSA) is 87.7 Å². The SMILES string of the molecule is [N-]=[N+]=NCc1noc(-c2cccs2)n1. The van der Waals surface area contributed by atoms with Crippen molar-refractivity contribution in [2.75, 3.05) is 0 Å². The smallest absolute Gasteiger partial charge is 0.267 e. The van der Waals surface area contributed by atoms with Crippen molar-refractivity contribution in [1.29, 1.82) is 0 Å². The molecule has 0 spiro atoms. The minimum atomic E-state index is 0.116. The quantitative estimate of drug-likeness (QED) is 0.440. The highest BCUT2D eigenvalue weighted by atomic mass is 32.1. The molecule has 0 saturated carbocycles. The normalized spacial score (nSPS) is 9.71. The van der Waals surface area contributed by atoms with Crippen LogP contribution in [0, 0.1) is 0 Å². The molecule has 2 heterocycles. The molecule has 0 fully saturated rings. The van der Waals surface area contributed by atoms with E-state index < -0.39 is 0 Å². The summed E-state index contributed by atoms with van der Waals surface area (Å²) in [5, 5.41) is 8.92. The molecule has 0 amide bonds. The Balaban J connectivity index is 2.22. The number of thiophene rings is 1. The third-order valence-electron chi connectivity index (χ3n) is 1.48. The van der Waals surface area contributed by atoms with Gasteiger partial charge in [0.05, 0.1) is 11.4 Å². The van der Waals surface area contributed by atoms with Crippen LogP contribution in [-0.2, 0) is 6.54 Å². The van der Waals surface area contributed by atoms with Gasteiger partial charge in [-0.1, -0.05) is 16.3 Å². The Morgan fingerprint density at radius 3 is 3.29 bits per heavy atom. The molecule has 0 bridgehead atoms. The van der Waals surface area contributed by atoms with Crippen molar-refractivity contribution in [2.24, 2.45) is 5.11 Å². The summed E-state index contributed by atoms with van der Waals surface area (Å²) in [5.41, 5.74) is 8.09. The molecule has 0 aromatic carbocycles. The van der Waals surface area contributed by atoms with E-state index in [9.17, 15) is 0 Å². The van der Waals surface area contributed by atoms with Crippen LogP contribution in [0.2, 0.25) is 0 Å². The fourth-order valence-electron chi connectivity index (χ4n) is 0.913. The van der Waals surface area contributed by atoms with Gasteiger partial charge in [-0.25, -0.2) is 0 Å². The van der Waals surface area contributed by atoms with E-state index in [0.717, 1.165) is 4.88 Å². The molecule has 6 nitrogen and oxygen atoms in total. The molecule has 0 radical (unpaired) electrons. The van der Waals surface area contributed by atoms with Gasteiger partial charge in [0, 0.05) is 4.91 Å². The average molecular weight is 207 g/mol. The fraction of sp³-hybridized carbons (Fsp3) is 0.143. The van der Waals surface area contributed by atoms with Gasteiger partial charge in [-0.05, 0) is 17.0 Å². The Morgan fingerprint density at radius 2 is 2.57 bits per heavy atom. The Hall–Kier alpha value is -1.85. The van der Waals surface area contributed by atoms with Crippen LogP contribution in [0.1, 0.15) is 5.82 Å². The van der Waals surface area contributed by atoms with E-state index in [0.29, 0.717) is 11.7 Å². The van der Waals surface area contributed by atoms with Crippen LogP contribution in [0.3, 0.4) is 0 Å². The summed E-state index contributed by atoms with van der Waals surface area (Å²) in [5.74, 6) is 0.856. The van der Waals surface area contributed by atoms with Crippen molar-refractivity contribution in [1.82, 2.24) is 10.1 Å². The first-order chi connectivity index (χ1) is 6.90. The summed E-state index contributed by atoms with van der Waals surface area (Å²) in [4.78, 5) is 7.57. The summed E-state index contributed by atoms with van der Waals surface area (Å²) < 4.78 is 4.97. The molecule has 0 unspecified atom stereocenters. The van der Waals surface area contributed by atoms with Gasteiger partial charge in [0.25, 0.3) is 5.89 Å². The second-order valence-electron chi connectivity index (χ2n) is 2.38. The van der Waals surface area contributed by atoms with Gasteiger partial charge in [0.2, 0.25) is 0 Å². The van der Waals surface area contributed by atoms with E-state index in [-0.39, 0.29) is 6.54 Å². The van der Waals surface area contributed by atoms with E-state index in [2.05, 4.69) is 20.2 Å². The van der Waals surface area contributed by atoms with Crippen LogP contribution in [0.15, 0.2) is 27.2 Å². The number of hydrogen-bond acceptors (Lipinski definition) is 5. The number of rotatable bonds is 3. The zero-order chi connectivity index (χ0) is 9.80. The Morgan fingerprint density at radius 1 is 1.64 bits per heavy atom. The first kappa shape index (κ1) is 8.74. The molecular formula is C7H5N5OS. The third kappa shape index (κ3) is 1.73. The zero-order valence-corrected chi connectivity index (χ0v) is 7.81. The predicted molar refractivity (Wildman–Crippen MR) is 50.5 cm³/mol. The summed E-state index contributed by atoms with van der Waals surface area (Å²) in [6.07, 6.45) is 0. The second-order valence-corrected chi connectivity index (χ2v) is 3.33. The lowest BCUT2D eigenvalue weighted by Gasteiger charge is -1.82. The van der Waals surface area contributed by atoms with Gasteiger partial charge in [-0.3, -0.25) is 0 Å². The van der Waals surface area contributed by atoms with Crippen molar-refractivity contribution < 1.29 is 4.52 Å². The summed E-state index contributed by atoms with van der Waals surface area (Å²) in [7, 11) is 0. The molecule has 0 aliphatic heterocycles. The first-order valence-corrected chi connectivity index (χ1v) is 4.65. The maximum absolute atomic E-state index is 8.09. The van der Waals surface area contributed by atoms with Gasteiger partial charge in [0.15, 0.2) is 5.82 Å². The molecule has 0 saturated heterocycles. The molecule has 70 valence electrons. The summed E-state index contributed by atoms with van der Waals surface area (Å²) in [6.45, 7) is 0.116. The van der Waals surface area contributed by atoms with Gasteiger partial charge in [-0.2, -0.15) is 4.98 Å². The highest BCUT2D eigenvalue weighted by molar-refractivity contribution is 7.13. The molecule has 0 atom stereocenters. The van der Waals surface area contributed by atoms with Crippen LogP contribution in [0.5, 0.6) is 0 Å².